The molecule has 0 amide bonds. The van der Waals surface area contributed by atoms with Gasteiger partial charge < -0.3 is 5.11 Å². The zero-order valence-electron chi connectivity index (χ0n) is 9.04. The second kappa shape index (κ2) is 3.85. The number of hydrogen-bond donors (Lipinski definition) is 1. The number of sulfone groups is 1. The molecule has 1 aliphatic heterocycles. The lowest BCUT2D eigenvalue weighted by Crippen LogP contribution is -2.07. The Hall–Kier alpha value is -1.88. The molecule has 1 N–H and O–H groups in total. The summed E-state index contributed by atoms with van der Waals surface area (Å²) in [6.07, 6.45) is 1.19. The Kier molecular flexibility index (Phi) is 2.63. The molecule has 0 fully saturated rings. The lowest BCUT2D eigenvalue weighted by atomic mass is 10.0. The van der Waals surface area contributed by atoms with Crippen LogP contribution < -0.4 is 0 Å². The predicted molar refractivity (Wildman–Crippen MR) is 63.8 cm³/mol. The maximum atomic E-state index is 11.6. The summed E-state index contributed by atoms with van der Waals surface area (Å²) in [6, 6.07) is 7.22. The molecule has 1 aromatic rings. The molecule has 1 aromatic carbocycles. The third kappa shape index (κ3) is 2.01. The zero-order chi connectivity index (χ0) is 12.6. The Morgan fingerprint density at radius 3 is 2.41 bits per heavy atom. The fourth-order valence-corrected chi connectivity index (χ4v) is 2.90. The van der Waals surface area contributed by atoms with Gasteiger partial charge in [-0.15, -0.1) is 0 Å². The van der Waals surface area contributed by atoms with Crippen molar-refractivity contribution >= 4 is 21.4 Å². The maximum absolute atomic E-state index is 11.6. The number of carboxylic acids is 1. The molecule has 1 heterocycles. The number of allylic oxidation sites excluding steroid dienone is 2. The first kappa shape index (κ1) is 11.6. The lowest BCUT2D eigenvalue weighted by Gasteiger charge is -2.02. The summed E-state index contributed by atoms with van der Waals surface area (Å²) in [6.45, 7) is 1.84. The first-order valence-corrected chi connectivity index (χ1v) is 6.44. The Morgan fingerprint density at radius 2 is 1.88 bits per heavy atom. The molecular formula is C12H10O4S. The smallest absolute Gasteiger partial charge is 0.347 e. The molecule has 0 saturated heterocycles. The van der Waals surface area contributed by atoms with Crippen molar-refractivity contribution in [3.8, 4) is 0 Å². The molecule has 0 saturated carbocycles. The zero-order valence-corrected chi connectivity index (χ0v) is 9.86. The Bertz CT molecular complexity index is 651. The van der Waals surface area contributed by atoms with E-state index in [0.29, 0.717) is 5.57 Å². The van der Waals surface area contributed by atoms with Crippen molar-refractivity contribution < 1.29 is 18.3 Å². The van der Waals surface area contributed by atoms with Gasteiger partial charge in [0.05, 0.1) is 0 Å². The summed E-state index contributed by atoms with van der Waals surface area (Å²) in [5, 5.41) is 9.80. The minimum Gasteiger partial charge on any atom is -0.477 e. The number of aryl methyl sites for hydroxylation is 1. The van der Waals surface area contributed by atoms with E-state index < -0.39 is 20.7 Å². The van der Waals surface area contributed by atoms with E-state index in [1.807, 2.05) is 19.1 Å². The summed E-state index contributed by atoms with van der Waals surface area (Å²) in [5.41, 5.74) is 2.05. The van der Waals surface area contributed by atoms with Gasteiger partial charge >= 0.3 is 5.97 Å². The minimum absolute atomic E-state index is 0.417. The third-order valence-corrected chi connectivity index (χ3v) is 4.01. The highest BCUT2D eigenvalue weighted by molar-refractivity contribution is 7.99. The topological polar surface area (TPSA) is 71.4 Å². The fraction of sp³-hybridized carbons (Fsp3) is 0.0833. The predicted octanol–water partition coefficient (Wildman–Crippen LogP) is 1.73. The van der Waals surface area contributed by atoms with E-state index >= 15 is 0 Å². The highest BCUT2D eigenvalue weighted by atomic mass is 32.2. The van der Waals surface area contributed by atoms with Crippen molar-refractivity contribution in [1.82, 2.24) is 0 Å². The highest BCUT2D eigenvalue weighted by Gasteiger charge is 2.29. The van der Waals surface area contributed by atoms with Crippen LogP contribution in [0.1, 0.15) is 11.1 Å². The van der Waals surface area contributed by atoms with Crippen molar-refractivity contribution in [3.05, 3.63) is 51.8 Å². The second-order valence-electron chi connectivity index (χ2n) is 3.75. The summed E-state index contributed by atoms with van der Waals surface area (Å²) < 4.78 is 23.1. The number of benzene rings is 1. The van der Waals surface area contributed by atoms with Crippen molar-refractivity contribution in [2.75, 3.05) is 0 Å². The standard InChI is InChI=1S/C12H10O4S/c1-8-4-2-3-5-10(8)9-6-11(12(13)14)17(15,16)7-9/h2-7H,1H3,(H,13,14). The van der Waals surface area contributed by atoms with Crippen LogP contribution >= 0.6 is 0 Å². The highest BCUT2D eigenvalue weighted by Crippen LogP contribution is 2.30. The number of aliphatic carboxylic acids is 1. The van der Waals surface area contributed by atoms with Crippen LogP contribution in [0.4, 0.5) is 0 Å². The van der Waals surface area contributed by atoms with E-state index in [1.54, 1.807) is 12.1 Å². The average Bonchev–Trinajstić information content (AvgIpc) is 2.55. The summed E-state index contributed by atoms with van der Waals surface area (Å²) in [4.78, 5) is 10.2. The number of hydrogen-bond acceptors (Lipinski definition) is 3. The van der Waals surface area contributed by atoms with E-state index in [-0.39, 0.29) is 0 Å². The van der Waals surface area contributed by atoms with Crippen molar-refractivity contribution in [2.45, 2.75) is 6.92 Å². The van der Waals surface area contributed by atoms with Gasteiger partial charge in [0.15, 0.2) is 4.91 Å². The third-order valence-electron chi connectivity index (χ3n) is 2.54. The van der Waals surface area contributed by atoms with Gasteiger partial charge in [0, 0.05) is 5.41 Å². The quantitative estimate of drug-likeness (QED) is 0.867. The van der Waals surface area contributed by atoms with Crippen LogP contribution in [0.3, 0.4) is 0 Å². The molecule has 0 atom stereocenters. The van der Waals surface area contributed by atoms with E-state index in [0.717, 1.165) is 16.5 Å². The molecule has 0 aromatic heterocycles. The molecule has 0 aliphatic carbocycles. The van der Waals surface area contributed by atoms with Gasteiger partial charge in [-0.05, 0) is 29.7 Å². The van der Waals surface area contributed by atoms with Crippen LogP contribution in [0.15, 0.2) is 40.7 Å². The number of rotatable bonds is 2. The van der Waals surface area contributed by atoms with Crippen molar-refractivity contribution in [1.29, 1.82) is 0 Å². The van der Waals surface area contributed by atoms with E-state index in [4.69, 9.17) is 5.11 Å². The second-order valence-corrected chi connectivity index (χ2v) is 5.51. The van der Waals surface area contributed by atoms with Crippen LogP contribution in [0.25, 0.3) is 5.57 Å². The average molecular weight is 250 g/mol. The minimum atomic E-state index is -3.80. The van der Waals surface area contributed by atoms with Crippen LogP contribution in [-0.4, -0.2) is 19.5 Å². The normalized spacial score (nSPS) is 17.5. The molecule has 88 valence electrons. The molecule has 5 heteroatoms. The lowest BCUT2D eigenvalue weighted by molar-refractivity contribution is -0.131. The number of carboxylic acid groups (broad SMARTS) is 1. The first-order chi connectivity index (χ1) is 7.92. The Balaban J connectivity index is 2.59. The van der Waals surface area contributed by atoms with E-state index in [9.17, 15) is 13.2 Å². The first-order valence-electron chi connectivity index (χ1n) is 4.89. The van der Waals surface area contributed by atoms with Gasteiger partial charge in [-0.3, -0.25) is 0 Å². The Morgan fingerprint density at radius 1 is 1.24 bits per heavy atom. The molecule has 17 heavy (non-hydrogen) atoms. The molecule has 0 spiro atoms. The summed E-state index contributed by atoms with van der Waals surface area (Å²) in [7, 11) is -3.80. The largest absolute Gasteiger partial charge is 0.477 e. The number of carbonyl (C=O) groups is 1. The van der Waals surface area contributed by atoms with Gasteiger partial charge in [-0.25, -0.2) is 13.2 Å². The van der Waals surface area contributed by atoms with Crippen LogP contribution in [0, 0.1) is 6.92 Å². The molecule has 4 nitrogen and oxygen atoms in total. The van der Waals surface area contributed by atoms with Gasteiger partial charge in [-0.1, -0.05) is 24.3 Å². The molecule has 2 rings (SSSR count). The summed E-state index contributed by atoms with van der Waals surface area (Å²) >= 11 is 0. The van der Waals surface area contributed by atoms with Crippen LogP contribution in [0.5, 0.6) is 0 Å². The van der Waals surface area contributed by atoms with Crippen molar-refractivity contribution in [3.63, 3.8) is 0 Å². The van der Waals surface area contributed by atoms with Gasteiger partial charge in [0.25, 0.3) is 0 Å². The van der Waals surface area contributed by atoms with Crippen LogP contribution in [-0.2, 0) is 14.6 Å². The van der Waals surface area contributed by atoms with E-state index in [1.165, 1.54) is 6.08 Å². The van der Waals surface area contributed by atoms with Crippen molar-refractivity contribution in [2.24, 2.45) is 0 Å². The molecular weight excluding hydrogens is 240 g/mol. The molecule has 0 unspecified atom stereocenters. The summed E-state index contributed by atoms with van der Waals surface area (Å²) in [5.74, 6) is -1.43. The molecule has 1 aliphatic rings. The maximum Gasteiger partial charge on any atom is 0.347 e. The monoisotopic (exact) mass is 250 g/mol. The van der Waals surface area contributed by atoms with E-state index in [2.05, 4.69) is 0 Å². The molecule has 0 radical (unpaired) electrons. The Labute approximate surface area is 98.8 Å². The van der Waals surface area contributed by atoms with Gasteiger partial charge in [0.2, 0.25) is 9.84 Å². The fourth-order valence-electron chi connectivity index (χ4n) is 1.71. The molecule has 0 bridgehead atoms. The van der Waals surface area contributed by atoms with Crippen LogP contribution in [0.2, 0.25) is 0 Å². The van der Waals surface area contributed by atoms with Gasteiger partial charge in [-0.2, -0.15) is 0 Å². The van der Waals surface area contributed by atoms with Gasteiger partial charge in [0.1, 0.15) is 0 Å². The SMILES string of the molecule is Cc1ccccc1C1=CS(=O)(=O)C(C(=O)O)=C1.